The zero-order valence-corrected chi connectivity index (χ0v) is 15.1. The SMILES string of the molecule is C#CCN1C(=O)SC(=Cc2ccc(OCC(=O)OC)c(OCC)c2)C1=O. The van der Waals surface area contributed by atoms with E-state index >= 15 is 0 Å². The summed E-state index contributed by atoms with van der Waals surface area (Å²) in [6, 6.07) is 4.96. The number of esters is 1. The molecule has 1 fully saturated rings. The van der Waals surface area contributed by atoms with Gasteiger partial charge in [0.15, 0.2) is 18.1 Å². The van der Waals surface area contributed by atoms with Crippen LogP contribution in [0.2, 0.25) is 0 Å². The minimum atomic E-state index is -0.515. The van der Waals surface area contributed by atoms with Crippen LogP contribution in [0.4, 0.5) is 4.79 Å². The summed E-state index contributed by atoms with van der Waals surface area (Å²) in [7, 11) is 1.27. The molecule has 0 saturated carbocycles. The smallest absolute Gasteiger partial charge is 0.343 e. The maximum atomic E-state index is 12.2. The highest BCUT2D eigenvalue weighted by molar-refractivity contribution is 8.18. The zero-order chi connectivity index (χ0) is 19.1. The number of carbonyl (C=O) groups excluding carboxylic acids is 3. The van der Waals surface area contributed by atoms with Gasteiger partial charge in [-0.1, -0.05) is 12.0 Å². The Kier molecular flexibility index (Phi) is 6.69. The van der Waals surface area contributed by atoms with Crippen LogP contribution in [0.1, 0.15) is 12.5 Å². The first kappa shape index (κ1) is 19.4. The fourth-order valence-electron chi connectivity index (χ4n) is 2.08. The molecule has 1 aliphatic heterocycles. The van der Waals surface area contributed by atoms with Crippen LogP contribution in [-0.2, 0) is 14.3 Å². The quantitative estimate of drug-likeness (QED) is 0.411. The van der Waals surface area contributed by atoms with Crippen LogP contribution in [-0.4, -0.2) is 48.9 Å². The largest absolute Gasteiger partial charge is 0.490 e. The van der Waals surface area contributed by atoms with Gasteiger partial charge in [0.25, 0.3) is 11.1 Å². The van der Waals surface area contributed by atoms with Gasteiger partial charge in [-0.15, -0.1) is 6.42 Å². The van der Waals surface area contributed by atoms with Gasteiger partial charge < -0.3 is 14.2 Å². The Morgan fingerprint density at radius 3 is 2.73 bits per heavy atom. The number of carbonyl (C=O) groups is 3. The normalized spacial score (nSPS) is 15.1. The van der Waals surface area contributed by atoms with Crippen molar-refractivity contribution in [2.75, 3.05) is 26.9 Å². The third kappa shape index (κ3) is 4.58. The lowest BCUT2D eigenvalue weighted by Crippen LogP contribution is -2.28. The van der Waals surface area contributed by atoms with Crippen molar-refractivity contribution in [2.24, 2.45) is 0 Å². The fourth-order valence-corrected chi connectivity index (χ4v) is 2.91. The van der Waals surface area contributed by atoms with E-state index in [0.29, 0.717) is 23.7 Å². The number of terminal acetylenes is 1. The molecular formula is C18H17NO6S. The second-order valence-corrected chi connectivity index (χ2v) is 5.97. The van der Waals surface area contributed by atoms with E-state index in [1.165, 1.54) is 7.11 Å². The Hall–Kier alpha value is -2.92. The number of imide groups is 1. The minimum absolute atomic E-state index is 0.0630. The molecule has 0 aromatic heterocycles. The van der Waals surface area contributed by atoms with Gasteiger partial charge >= 0.3 is 5.97 Å². The summed E-state index contributed by atoms with van der Waals surface area (Å²) in [6.45, 7) is 1.88. The van der Waals surface area contributed by atoms with Crippen molar-refractivity contribution in [3.8, 4) is 23.8 Å². The highest BCUT2D eigenvalue weighted by Gasteiger charge is 2.34. The van der Waals surface area contributed by atoms with E-state index in [9.17, 15) is 14.4 Å². The Balaban J connectivity index is 2.24. The summed E-state index contributed by atoms with van der Waals surface area (Å²) in [6.07, 6.45) is 6.75. The van der Waals surface area contributed by atoms with Crippen LogP contribution in [0.25, 0.3) is 6.08 Å². The van der Waals surface area contributed by atoms with E-state index in [1.807, 2.05) is 6.92 Å². The molecule has 0 unspecified atom stereocenters. The zero-order valence-electron chi connectivity index (χ0n) is 14.3. The topological polar surface area (TPSA) is 82.1 Å². The molecule has 7 nitrogen and oxygen atoms in total. The number of hydrogen-bond acceptors (Lipinski definition) is 7. The fraction of sp³-hybridized carbons (Fsp3) is 0.278. The van der Waals surface area contributed by atoms with Gasteiger partial charge in [-0.2, -0.15) is 0 Å². The van der Waals surface area contributed by atoms with Crippen molar-refractivity contribution in [1.29, 1.82) is 0 Å². The summed E-state index contributed by atoms with van der Waals surface area (Å²) < 4.78 is 15.4. The van der Waals surface area contributed by atoms with Crippen molar-refractivity contribution < 1.29 is 28.6 Å². The first-order valence-corrected chi connectivity index (χ1v) is 8.47. The summed E-state index contributed by atoms with van der Waals surface area (Å²) in [5.41, 5.74) is 0.644. The molecule has 2 rings (SSSR count). The van der Waals surface area contributed by atoms with Crippen molar-refractivity contribution >= 4 is 35.0 Å². The molecule has 0 aliphatic carbocycles. The average Bonchev–Trinajstić information content (AvgIpc) is 2.89. The predicted octanol–water partition coefficient (Wildman–Crippen LogP) is 2.31. The molecule has 136 valence electrons. The van der Waals surface area contributed by atoms with Crippen molar-refractivity contribution in [1.82, 2.24) is 4.90 Å². The molecular weight excluding hydrogens is 358 g/mol. The molecule has 1 saturated heterocycles. The molecule has 1 aliphatic rings. The summed E-state index contributed by atoms with van der Waals surface area (Å²) >= 11 is 0.827. The van der Waals surface area contributed by atoms with E-state index in [0.717, 1.165) is 16.7 Å². The van der Waals surface area contributed by atoms with Gasteiger partial charge in [0.1, 0.15) is 0 Å². The average molecular weight is 375 g/mol. The monoisotopic (exact) mass is 375 g/mol. The summed E-state index contributed by atoms with van der Waals surface area (Å²) in [4.78, 5) is 36.5. The number of thioether (sulfide) groups is 1. The maximum Gasteiger partial charge on any atom is 0.343 e. The highest BCUT2D eigenvalue weighted by Crippen LogP contribution is 2.34. The second-order valence-electron chi connectivity index (χ2n) is 4.98. The third-order valence-corrected chi connectivity index (χ3v) is 4.17. The molecule has 26 heavy (non-hydrogen) atoms. The third-order valence-electron chi connectivity index (χ3n) is 3.26. The maximum absolute atomic E-state index is 12.2. The Morgan fingerprint density at radius 1 is 1.31 bits per heavy atom. The van der Waals surface area contributed by atoms with E-state index in [4.69, 9.17) is 15.9 Å². The lowest BCUT2D eigenvalue weighted by atomic mass is 10.2. The van der Waals surface area contributed by atoms with E-state index < -0.39 is 17.1 Å². The number of hydrogen-bond donors (Lipinski definition) is 0. The number of nitrogens with zero attached hydrogens (tertiary/aromatic N) is 1. The molecule has 8 heteroatoms. The van der Waals surface area contributed by atoms with E-state index in [-0.39, 0.29) is 18.1 Å². The molecule has 0 N–H and O–H groups in total. The van der Waals surface area contributed by atoms with Gasteiger partial charge in [-0.3, -0.25) is 14.5 Å². The molecule has 0 atom stereocenters. The lowest BCUT2D eigenvalue weighted by molar-refractivity contribution is -0.142. The molecule has 2 amide bonds. The molecule has 0 bridgehead atoms. The van der Waals surface area contributed by atoms with Crippen LogP contribution < -0.4 is 9.47 Å². The predicted molar refractivity (Wildman–Crippen MR) is 96.6 cm³/mol. The van der Waals surface area contributed by atoms with Crippen molar-refractivity contribution in [3.63, 3.8) is 0 Å². The minimum Gasteiger partial charge on any atom is -0.490 e. The number of benzene rings is 1. The van der Waals surface area contributed by atoms with Crippen LogP contribution in [0.3, 0.4) is 0 Å². The Bertz CT molecular complexity index is 795. The molecule has 1 aromatic carbocycles. The Labute approximate surface area is 155 Å². The van der Waals surface area contributed by atoms with Crippen LogP contribution in [0, 0.1) is 12.3 Å². The van der Waals surface area contributed by atoms with Gasteiger partial charge in [-0.25, -0.2) is 4.79 Å². The number of methoxy groups -OCH3 is 1. The van der Waals surface area contributed by atoms with Gasteiger partial charge in [-0.05, 0) is 42.5 Å². The van der Waals surface area contributed by atoms with Crippen LogP contribution >= 0.6 is 11.8 Å². The van der Waals surface area contributed by atoms with E-state index in [1.54, 1.807) is 24.3 Å². The van der Waals surface area contributed by atoms with Gasteiger partial charge in [0.05, 0.1) is 25.2 Å². The van der Waals surface area contributed by atoms with Gasteiger partial charge in [0, 0.05) is 0 Å². The summed E-state index contributed by atoms with van der Waals surface area (Å²) in [5, 5.41) is -0.401. The Morgan fingerprint density at radius 2 is 2.08 bits per heavy atom. The standard InChI is InChI=1S/C18H17NO6S/c1-4-8-19-17(21)15(26-18(19)22)10-12-6-7-13(14(9-12)24-5-2)25-11-16(20)23-3/h1,6-7,9-10H,5,8,11H2,2-3H3. The molecule has 1 heterocycles. The molecule has 1 aromatic rings. The first-order chi connectivity index (χ1) is 12.5. The van der Waals surface area contributed by atoms with Crippen LogP contribution in [0.15, 0.2) is 23.1 Å². The second kappa shape index (κ2) is 8.97. The number of rotatable bonds is 7. The molecule has 0 spiro atoms. The number of ether oxygens (including phenoxy) is 3. The highest BCUT2D eigenvalue weighted by atomic mass is 32.2. The van der Waals surface area contributed by atoms with E-state index in [2.05, 4.69) is 10.7 Å². The van der Waals surface area contributed by atoms with Crippen molar-refractivity contribution in [2.45, 2.75) is 6.92 Å². The summed E-state index contributed by atoms with van der Waals surface area (Å²) in [5.74, 6) is 2.12. The van der Waals surface area contributed by atoms with Crippen molar-refractivity contribution in [3.05, 3.63) is 28.7 Å². The van der Waals surface area contributed by atoms with Gasteiger partial charge in [0.2, 0.25) is 0 Å². The van der Waals surface area contributed by atoms with Crippen LogP contribution in [0.5, 0.6) is 11.5 Å². The molecule has 0 radical (unpaired) electrons. The number of amides is 2. The first-order valence-electron chi connectivity index (χ1n) is 7.65. The lowest BCUT2D eigenvalue weighted by Gasteiger charge is -2.12.